The van der Waals surface area contributed by atoms with Crippen molar-refractivity contribution in [2.75, 3.05) is 18.1 Å². The molecule has 7 N–H and O–H groups in total. The van der Waals surface area contributed by atoms with Gasteiger partial charge >= 0.3 is 0 Å². The van der Waals surface area contributed by atoms with E-state index < -0.39 is 18.8 Å². The number of nitrogen functional groups attached to an aromatic ring is 2. The van der Waals surface area contributed by atoms with Crippen LogP contribution in [0.3, 0.4) is 0 Å². The lowest BCUT2D eigenvalue weighted by molar-refractivity contribution is -0.0148. The number of anilines is 2. The molecule has 1 aromatic rings. The number of rotatable bonds is 3. The highest BCUT2D eigenvalue weighted by Gasteiger charge is 2.20. The summed E-state index contributed by atoms with van der Waals surface area (Å²) in [5, 5.41) is 27.4. The van der Waals surface area contributed by atoms with Gasteiger partial charge < -0.3 is 26.8 Å². The molecule has 78 valence electrons. The first kappa shape index (κ1) is 10.8. The Morgan fingerprint density at radius 3 is 2.43 bits per heavy atom. The predicted molar refractivity (Wildman–Crippen MR) is 53.3 cm³/mol. The zero-order chi connectivity index (χ0) is 10.7. The molecule has 5 nitrogen and oxygen atoms in total. The van der Waals surface area contributed by atoms with E-state index in [0.717, 1.165) is 0 Å². The van der Waals surface area contributed by atoms with Crippen molar-refractivity contribution in [3.05, 3.63) is 23.8 Å². The van der Waals surface area contributed by atoms with Crippen molar-refractivity contribution in [3.63, 3.8) is 0 Å². The summed E-state index contributed by atoms with van der Waals surface area (Å²) in [4.78, 5) is 0. The Labute approximate surface area is 81.6 Å². The first-order valence-corrected chi connectivity index (χ1v) is 4.18. The van der Waals surface area contributed by atoms with Crippen LogP contribution in [0.15, 0.2) is 18.2 Å². The van der Waals surface area contributed by atoms with Gasteiger partial charge in [0.25, 0.3) is 0 Å². The van der Waals surface area contributed by atoms with E-state index >= 15 is 0 Å². The van der Waals surface area contributed by atoms with Crippen LogP contribution in [0, 0.1) is 0 Å². The Morgan fingerprint density at radius 1 is 1.21 bits per heavy atom. The van der Waals surface area contributed by atoms with Crippen molar-refractivity contribution in [3.8, 4) is 0 Å². The molecule has 0 saturated carbocycles. The second-order valence-electron chi connectivity index (χ2n) is 3.04. The lowest BCUT2D eigenvalue weighted by Gasteiger charge is -2.18. The number of hydrogen-bond donors (Lipinski definition) is 5. The summed E-state index contributed by atoms with van der Waals surface area (Å²) in [5.41, 5.74) is 12.0. The topological polar surface area (TPSA) is 113 Å². The van der Waals surface area contributed by atoms with Crippen LogP contribution in [0.1, 0.15) is 11.7 Å². The number of para-hydroxylation sites is 1. The molecule has 0 radical (unpaired) electrons. The van der Waals surface area contributed by atoms with Gasteiger partial charge in [0.05, 0.1) is 18.0 Å². The molecular weight excluding hydrogens is 184 g/mol. The fourth-order valence-corrected chi connectivity index (χ4v) is 1.17. The minimum Gasteiger partial charge on any atom is -0.397 e. The van der Waals surface area contributed by atoms with Crippen LogP contribution >= 0.6 is 0 Å². The van der Waals surface area contributed by atoms with Crippen molar-refractivity contribution in [1.29, 1.82) is 0 Å². The lowest BCUT2D eigenvalue weighted by atomic mass is 10.0. The standard InChI is InChI=1S/C9H14N2O3/c10-6-3-1-2-5(8(6)11)9(14)7(13)4-12/h1-3,7,9,12-14H,4,10-11H2. The van der Waals surface area contributed by atoms with E-state index in [0.29, 0.717) is 11.3 Å². The molecule has 0 amide bonds. The van der Waals surface area contributed by atoms with E-state index in [9.17, 15) is 10.2 Å². The van der Waals surface area contributed by atoms with Gasteiger partial charge in [-0.15, -0.1) is 0 Å². The van der Waals surface area contributed by atoms with Crippen molar-refractivity contribution in [2.45, 2.75) is 12.2 Å². The predicted octanol–water partition coefficient (Wildman–Crippen LogP) is -0.762. The molecule has 0 saturated heterocycles. The van der Waals surface area contributed by atoms with Gasteiger partial charge in [0.15, 0.2) is 0 Å². The summed E-state index contributed by atoms with van der Waals surface area (Å²) in [6.07, 6.45) is -2.47. The van der Waals surface area contributed by atoms with Gasteiger partial charge in [-0.3, -0.25) is 0 Å². The number of aliphatic hydroxyl groups is 3. The molecule has 2 unspecified atom stereocenters. The third-order valence-electron chi connectivity index (χ3n) is 2.04. The minimum absolute atomic E-state index is 0.229. The molecular formula is C9H14N2O3. The molecule has 5 heteroatoms. The Kier molecular flexibility index (Phi) is 3.29. The molecule has 0 heterocycles. The Hall–Kier alpha value is -1.30. The Balaban J connectivity index is 3.01. The molecule has 1 aromatic carbocycles. The van der Waals surface area contributed by atoms with Gasteiger partial charge in [0.1, 0.15) is 12.2 Å². The highest BCUT2D eigenvalue weighted by molar-refractivity contribution is 5.67. The van der Waals surface area contributed by atoms with Crippen molar-refractivity contribution >= 4 is 11.4 Å². The second kappa shape index (κ2) is 4.28. The zero-order valence-electron chi connectivity index (χ0n) is 7.59. The summed E-state index contributed by atoms with van der Waals surface area (Å²) in [7, 11) is 0. The summed E-state index contributed by atoms with van der Waals surface area (Å²) in [6, 6.07) is 4.76. The number of benzene rings is 1. The number of hydrogen-bond acceptors (Lipinski definition) is 5. The maximum absolute atomic E-state index is 9.55. The monoisotopic (exact) mass is 198 g/mol. The van der Waals surface area contributed by atoms with Crippen LogP contribution < -0.4 is 11.5 Å². The SMILES string of the molecule is Nc1cccc(C(O)C(O)CO)c1N. The first-order chi connectivity index (χ1) is 6.57. The van der Waals surface area contributed by atoms with Gasteiger partial charge in [0, 0.05) is 5.56 Å². The first-order valence-electron chi connectivity index (χ1n) is 4.18. The van der Waals surface area contributed by atoms with E-state index in [-0.39, 0.29) is 5.69 Å². The average Bonchev–Trinajstić information content (AvgIpc) is 2.20. The summed E-state index contributed by atoms with van der Waals surface area (Å²) in [6.45, 7) is -0.532. The van der Waals surface area contributed by atoms with Gasteiger partial charge in [-0.25, -0.2) is 0 Å². The largest absolute Gasteiger partial charge is 0.397 e. The van der Waals surface area contributed by atoms with Crippen LogP contribution in [0.25, 0.3) is 0 Å². The number of aliphatic hydroxyl groups excluding tert-OH is 3. The average molecular weight is 198 g/mol. The maximum atomic E-state index is 9.55. The molecule has 0 aliphatic heterocycles. The summed E-state index contributed by atoms with van der Waals surface area (Å²) >= 11 is 0. The molecule has 14 heavy (non-hydrogen) atoms. The van der Waals surface area contributed by atoms with Gasteiger partial charge in [0.2, 0.25) is 0 Å². The highest BCUT2D eigenvalue weighted by Crippen LogP contribution is 2.27. The van der Waals surface area contributed by atoms with E-state index in [1.807, 2.05) is 0 Å². The van der Waals surface area contributed by atoms with Gasteiger partial charge in [-0.2, -0.15) is 0 Å². The third-order valence-corrected chi connectivity index (χ3v) is 2.04. The third kappa shape index (κ3) is 1.95. The minimum atomic E-state index is -1.25. The van der Waals surface area contributed by atoms with Crippen LogP contribution in [0.2, 0.25) is 0 Å². The second-order valence-corrected chi connectivity index (χ2v) is 3.04. The molecule has 0 aliphatic carbocycles. The van der Waals surface area contributed by atoms with Crippen molar-refractivity contribution < 1.29 is 15.3 Å². The molecule has 2 atom stereocenters. The smallest absolute Gasteiger partial charge is 0.109 e. The summed E-state index contributed by atoms with van der Waals surface area (Å²) in [5.74, 6) is 0. The normalized spacial score (nSPS) is 15.1. The molecule has 1 rings (SSSR count). The number of nitrogens with two attached hydrogens (primary N) is 2. The Bertz CT molecular complexity index is 317. The zero-order valence-corrected chi connectivity index (χ0v) is 7.59. The van der Waals surface area contributed by atoms with Crippen molar-refractivity contribution in [1.82, 2.24) is 0 Å². The summed E-state index contributed by atoms with van der Waals surface area (Å²) < 4.78 is 0. The van der Waals surface area contributed by atoms with Gasteiger partial charge in [-0.1, -0.05) is 12.1 Å². The van der Waals surface area contributed by atoms with E-state index in [4.69, 9.17) is 16.6 Å². The molecule has 0 fully saturated rings. The lowest BCUT2D eigenvalue weighted by Crippen LogP contribution is -2.23. The van der Waals surface area contributed by atoms with Crippen LogP contribution in [0.4, 0.5) is 11.4 Å². The van der Waals surface area contributed by atoms with Crippen molar-refractivity contribution in [2.24, 2.45) is 0 Å². The quantitative estimate of drug-likeness (QED) is 0.410. The Morgan fingerprint density at radius 2 is 1.86 bits per heavy atom. The van der Waals surface area contributed by atoms with E-state index in [1.165, 1.54) is 0 Å². The molecule has 0 aliphatic rings. The molecule has 0 bridgehead atoms. The van der Waals surface area contributed by atoms with Crippen LogP contribution in [0.5, 0.6) is 0 Å². The molecule has 0 spiro atoms. The fraction of sp³-hybridized carbons (Fsp3) is 0.333. The van der Waals surface area contributed by atoms with Gasteiger partial charge in [-0.05, 0) is 6.07 Å². The maximum Gasteiger partial charge on any atom is 0.109 e. The van der Waals surface area contributed by atoms with E-state index in [2.05, 4.69) is 0 Å². The highest BCUT2D eigenvalue weighted by atomic mass is 16.4. The van der Waals surface area contributed by atoms with Crippen LogP contribution in [-0.2, 0) is 0 Å². The van der Waals surface area contributed by atoms with Crippen LogP contribution in [-0.4, -0.2) is 28.0 Å². The molecule has 0 aromatic heterocycles. The fourth-order valence-electron chi connectivity index (χ4n) is 1.17. The van der Waals surface area contributed by atoms with E-state index in [1.54, 1.807) is 18.2 Å².